The van der Waals surface area contributed by atoms with Crippen LogP contribution < -0.4 is 10.2 Å². The smallest absolute Gasteiger partial charge is 0.128 e. The average molecular weight is 233 g/mol. The fourth-order valence-electron chi connectivity index (χ4n) is 2.51. The van der Waals surface area contributed by atoms with Crippen LogP contribution in [0.2, 0.25) is 0 Å². The van der Waals surface area contributed by atoms with Gasteiger partial charge in [0, 0.05) is 24.3 Å². The van der Waals surface area contributed by atoms with Gasteiger partial charge in [0.15, 0.2) is 0 Å². The molecule has 1 unspecified atom stereocenters. The third-order valence-electron chi connectivity index (χ3n) is 3.88. The Hall–Kier alpha value is -1.09. The maximum Gasteiger partial charge on any atom is 0.128 e. The molecule has 1 aliphatic heterocycles. The summed E-state index contributed by atoms with van der Waals surface area (Å²) in [6.45, 7) is 7.87. The van der Waals surface area contributed by atoms with Crippen LogP contribution >= 0.6 is 0 Å². The van der Waals surface area contributed by atoms with Crippen LogP contribution in [0, 0.1) is 0 Å². The minimum Gasteiger partial charge on any atom is -0.352 e. The van der Waals surface area contributed by atoms with Crippen molar-refractivity contribution in [2.75, 3.05) is 18.5 Å². The second-order valence-corrected chi connectivity index (χ2v) is 5.53. The molecule has 17 heavy (non-hydrogen) atoms. The fraction of sp³-hybridized carbons (Fsp3) is 0.643. The molecule has 3 nitrogen and oxygen atoms in total. The number of nitrogens with one attached hydrogen (secondary N) is 1. The highest BCUT2D eigenvalue weighted by atomic mass is 15.3. The molecular formula is C14H23N3. The molecule has 0 aromatic carbocycles. The summed E-state index contributed by atoms with van der Waals surface area (Å²) >= 11 is 0. The van der Waals surface area contributed by atoms with Crippen molar-refractivity contribution in [3.05, 3.63) is 23.9 Å². The zero-order valence-electron chi connectivity index (χ0n) is 11.3. The number of rotatable bonds is 3. The number of nitrogens with zero attached hydrogens (tertiary/aromatic N) is 2. The van der Waals surface area contributed by atoms with E-state index >= 15 is 0 Å². The first-order valence-corrected chi connectivity index (χ1v) is 6.45. The standard InChI is InChI=1S/C14H23N3/c1-11(15-4)12-6-7-13(16-10-12)17-9-5-8-14(17,2)3/h6-7,10-11,15H,5,8-9H2,1-4H3. The van der Waals surface area contributed by atoms with Crippen LogP contribution in [0.3, 0.4) is 0 Å². The van der Waals surface area contributed by atoms with Crippen molar-refractivity contribution in [1.82, 2.24) is 10.3 Å². The number of hydrogen-bond donors (Lipinski definition) is 1. The van der Waals surface area contributed by atoms with Gasteiger partial charge in [-0.15, -0.1) is 0 Å². The molecule has 1 atom stereocenters. The van der Waals surface area contributed by atoms with E-state index in [2.05, 4.69) is 48.1 Å². The number of pyridine rings is 1. The third-order valence-corrected chi connectivity index (χ3v) is 3.88. The number of hydrogen-bond acceptors (Lipinski definition) is 3. The molecule has 1 N–H and O–H groups in total. The zero-order chi connectivity index (χ0) is 12.5. The monoisotopic (exact) mass is 233 g/mol. The van der Waals surface area contributed by atoms with Gasteiger partial charge in [-0.05, 0) is 52.3 Å². The molecule has 0 radical (unpaired) electrons. The van der Waals surface area contributed by atoms with Gasteiger partial charge >= 0.3 is 0 Å². The largest absolute Gasteiger partial charge is 0.352 e. The van der Waals surface area contributed by atoms with Crippen LogP contribution in [0.1, 0.15) is 45.2 Å². The Morgan fingerprint density at radius 3 is 2.65 bits per heavy atom. The first kappa shape index (κ1) is 12.4. The molecule has 2 heterocycles. The van der Waals surface area contributed by atoms with E-state index < -0.39 is 0 Å². The van der Waals surface area contributed by atoms with E-state index in [1.807, 2.05) is 13.2 Å². The van der Waals surface area contributed by atoms with E-state index in [1.165, 1.54) is 18.4 Å². The van der Waals surface area contributed by atoms with E-state index in [9.17, 15) is 0 Å². The Labute approximate surface area is 104 Å². The summed E-state index contributed by atoms with van der Waals surface area (Å²) in [5, 5.41) is 3.23. The van der Waals surface area contributed by atoms with Crippen molar-refractivity contribution in [3.8, 4) is 0 Å². The van der Waals surface area contributed by atoms with E-state index in [0.717, 1.165) is 12.4 Å². The maximum atomic E-state index is 4.61. The van der Waals surface area contributed by atoms with Crippen LogP contribution in [-0.2, 0) is 0 Å². The van der Waals surface area contributed by atoms with Crippen molar-refractivity contribution < 1.29 is 0 Å². The van der Waals surface area contributed by atoms with Crippen LogP contribution in [0.4, 0.5) is 5.82 Å². The van der Waals surface area contributed by atoms with Gasteiger partial charge in [0.1, 0.15) is 5.82 Å². The van der Waals surface area contributed by atoms with Crippen molar-refractivity contribution in [2.45, 2.75) is 45.2 Å². The lowest BCUT2D eigenvalue weighted by Crippen LogP contribution is -2.38. The van der Waals surface area contributed by atoms with E-state index in [0.29, 0.717) is 6.04 Å². The molecule has 0 amide bonds. The third kappa shape index (κ3) is 2.44. The molecule has 0 bridgehead atoms. The van der Waals surface area contributed by atoms with Gasteiger partial charge in [-0.25, -0.2) is 4.98 Å². The minimum absolute atomic E-state index is 0.253. The van der Waals surface area contributed by atoms with Crippen LogP contribution in [-0.4, -0.2) is 24.1 Å². The normalized spacial score (nSPS) is 20.6. The van der Waals surface area contributed by atoms with Gasteiger partial charge in [-0.3, -0.25) is 0 Å². The first-order chi connectivity index (χ1) is 8.04. The van der Waals surface area contributed by atoms with Gasteiger partial charge < -0.3 is 10.2 Å². The van der Waals surface area contributed by atoms with Crippen LogP contribution in [0.25, 0.3) is 0 Å². The lowest BCUT2D eigenvalue weighted by Gasteiger charge is -2.32. The van der Waals surface area contributed by atoms with E-state index in [1.54, 1.807) is 0 Å². The van der Waals surface area contributed by atoms with Gasteiger partial charge in [-0.1, -0.05) is 6.07 Å². The van der Waals surface area contributed by atoms with Crippen molar-refractivity contribution in [3.63, 3.8) is 0 Å². The Bertz CT molecular complexity index is 370. The van der Waals surface area contributed by atoms with Crippen molar-refractivity contribution in [2.24, 2.45) is 0 Å². The predicted molar refractivity (Wildman–Crippen MR) is 72.4 cm³/mol. The first-order valence-electron chi connectivity index (χ1n) is 6.45. The molecule has 1 fully saturated rings. The number of anilines is 1. The Kier molecular flexibility index (Phi) is 3.38. The van der Waals surface area contributed by atoms with E-state index in [-0.39, 0.29) is 5.54 Å². The predicted octanol–water partition coefficient (Wildman–Crippen LogP) is 2.74. The topological polar surface area (TPSA) is 28.2 Å². The van der Waals surface area contributed by atoms with Crippen molar-refractivity contribution >= 4 is 5.82 Å². The van der Waals surface area contributed by atoms with Crippen molar-refractivity contribution in [1.29, 1.82) is 0 Å². The molecular weight excluding hydrogens is 210 g/mol. The van der Waals surface area contributed by atoms with Crippen LogP contribution in [0.15, 0.2) is 18.3 Å². The maximum absolute atomic E-state index is 4.61. The molecule has 1 aromatic heterocycles. The molecule has 0 aliphatic carbocycles. The summed E-state index contributed by atoms with van der Waals surface area (Å²) in [5.74, 6) is 1.11. The number of aromatic nitrogens is 1. The summed E-state index contributed by atoms with van der Waals surface area (Å²) in [7, 11) is 1.97. The second-order valence-electron chi connectivity index (χ2n) is 5.53. The Morgan fingerprint density at radius 2 is 2.18 bits per heavy atom. The lowest BCUT2D eigenvalue weighted by atomic mass is 10.0. The highest BCUT2D eigenvalue weighted by Crippen LogP contribution is 2.32. The van der Waals surface area contributed by atoms with E-state index in [4.69, 9.17) is 0 Å². The summed E-state index contributed by atoms with van der Waals surface area (Å²) in [6.07, 6.45) is 4.51. The fourth-order valence-corrected chi connectivity index (χ4v) is 2.51. The summed E-state index contributed by atoms with van der Waals surface area (Å²) in [6, 6.07) is 4.69. The highest BCUT2D eigenvalue weighted by Gasteiger charge is 2.32. The molecule has 0 saturated carbocycles. The van der Waals surface area contributed by atoms with Crippen LogP contribution in [0.5, 0.6) is 0 Å². The molecule has 1 aliphatic rings. The molecule has 3 heteroatoms. The van der Waals surface area contributed by atoms with Gasteiger partial charge in [0.25, 0.3) is 0 Å². The lowest BCUT2D eigenvalue weighted by molar-refractivity contribution is 0.514. The summed E-state index contributed by atoms with van der Waals surface area (Å²) < 4.78 is 0. The molecule has 1 saturated heterocycles. The average Bonchev–Trinajstić information content (AvgIpc) is 2.68. The SMILES string of the molecule is CNC(C)c1ccc(N2CCCC2(C)C)nc1. The summed E-state index contributed by atoms with van der Waals surface area (Å²) in [4.78, 5) is 7.03. The quantitative estimate of drug-likeness (QED) is 0.870. The van der Waals surface area contributed by atoms with Gasteiger partial charge in [0.2, 0.25) is 0 Å². The second kappa shape index (κ2) is 4.65. The van der Waals surface area contributed by atoms with Gasteiger partial charge in [0.05, 0.1) is 0 Å². The zero-order valence-corrected chi connectivity index (χ0v) is 11.3. The molecule has 94 valence electrons. The Morgan fingerprint density at radius 1 is 1.41 bits per heavy atom. The minimum atomic E-state index is 0.253. The Balaban J connectivity index is 2.18. The molecule has 1 aromatic rings. The summed E-state index contributed by atoms with van der Waals surface area (Å²) in [5.41, 5.74) is 1.50. The highest BCUT2D eigenvalue weighted by molar-refractivity contribution is 5.44. The molecule has 2 rings (SSSR count). The van der Waals surface area contributed by atoms with Gasteiger partial charge in [-0.2, -0.15) is 0 Å². The molecule has 0 spiro atoms.